The average molecular weight is 391 g/mol. The fourth-order valence-electron chi connectivity index (χ4n) is 2.85. The number of hydrogen-bond donors (Lipinski definition) is 2. The molecule has 1 heterocycles. The summed E-state index contributed by atoms with van der Waals surface area (Å²) in [6.45, 7) is 1.81. The van der Waals surface area contributed by atoms with Crippen LogP contribution in [0.2, 0.25) is 0 Å². The molecule has 0 spiro atoms. The second kappa shape index (κ2) is 7.73. The first-order chi connectivity index (χ1) is 13.2. The summed E-state index contributed by atoms with van der Waals surface area (Å²) >= 11 is 0. The molecule has 3 aromatic rings. The molecule has 1 atom stereocenters. The molecule has 0 radical (unpaired) electrons. The zero-order chi connectivity index (χ0) is 20.4. The maximum Gasteiger partial charge on any atom is 0.416 e. The van der Waals surface area contributed by atoms with E-state index in [0.717, 1.165) is 23.3 Å². The molecule has 0 bridgehead atoms. The fourth-order valence-corrected chi connectivity index (χ4v) is 2.85. The molecular weight excluding hydrogens is 371 g/mol. The van der Waals surface area contributed by atoms with Gasteiger partial charge in [-0.3, -0.25) is 0 Å². The highest BCUT2D eigenvalue weighted by Crippen LogP contribution is 2.31. The number of hydrogen-bond acceptors (Lipinski definition) is 5. The van der Waals surface area contributed by atoms with Gasteiger partial charge < -0.3 is 15.3 Å². The highest BCUT2D eigenvalue weighted by Gasteiger charge is 2.30. The molecule has 3 N–H and O–H groups in total. The fraction of sp³-hybridized carbons (Fsp3) is 0.300. The first-order valence-corrected chi connectivity index (χ1v) is 8.71. The number of benzene rings is 2. The van der Waals surface area contributed by atoms with E-state index in [1.165, 1.54) is 12.1 Å². The number of nitrogens with two attached hydrogens (primary N) is 1. The van der Waals surface area contributed by atoms with Crippen molar-refractivity contribution >= 4 is 0 Å². The van der Waals surface area contributed by atoms with Crippen LogP contribution in [0.1, 0.15) is 35.9 Å². The molecule has 28 heavy (non-hydrogen) atoms. The van der Waals surface area contributed by atoms with Crippen molar-refractivity contribution in [2.75, 3.05) is 6.54 Å². The van der Waals surface area contributed by atoms with Gasteiger partial charge in [-0.25, -0.2) is 0 Å². The predicted molar refractivity (Wildman–Crippen MR) is 97.2 cm³/mol. The Balaban J connectivity index is 1.87. The molecular formula is C20H20F3N3O2. The van der Waals surface area contributed by atoms with Crippen molar-refractivity contribution in [2.24, 2.45) is 5.73 Å². The van der Waals surface area contributed by atoms with Gasteiger partial charge in [-0.1, -0.05) is 30.3 Å². The van der Waals surface area contributed by atoms with E-state index in [-0.39, 0.29) is 24.7 Å². The number of aromatic nitrogens is 2. The Bertz CT molecular complexity index is 934. The van der Waals surface area contributed by atoms with Crippen LogP contribution in [0.4, 0.5) is 13.2 Å². The lowest BCUT2D eigenvalue weighted by Gasteiger charge is -2.17. The topological polar surface area (TPSA) is 85.2 Å². The standard InChI is InChI=1S/C20H20F3N3O2/c1-19(27,10-11-24)18-26-25-17(28-18)16-5-3-2-4-14(16)12-13-6-8-15(9-7-13)20(21,22)23/h2-9,27H,10-12,24H2,1H3. The SMILES string of the molecule is CC(O)(CCN)c1nnc(-c2ccccc2Cc2ccc(C(F)(F)F)cc2)o1. The molecule has 0 aliphatic rings. The van der Waals surface area contributed by atoms with Gasteiger partial charge in [0.25, 0.3) is 0 Å². The highest BCUT2D eigenvalue weighted by molar-refractivity contribution is 5.59. The Morgan fingerprint density at radius 2 is 1.71 bits per heavy atom. The maximum atomic E-state index is 12.7. The van der Waals surface area contributed by atoms with Gasteiger partial charge in [0.05, 0.1) is 5.56 Å². The summed E-state index contributed by atoms with van der Waals surface area (Å²) in [4.78, 5) is 0. The summed E-state index contributed by atoms with van der Waals surface area (Å²) in [5.41, 5.74) is 5.67. The van der Waals surface area contributed by atoms with E-state index in [9.17, 15) is 18.3 Å². The van der Waals surface area contributed by atoms with Crippen LogP contribution in [0.5, 0.6) is 0 Å². The molecule has 8 heteroatoms. The predicted octanol–water partition coefficient (Wildman–Crippen LogP) is 3.90. The Kier molecular flexibility index (Phi) is 5.53. The Morgan fingerprint density at radius 3 is 2.36 bits per heavy atom. The van der Waals surface area contributed by atoms with Gasteiger partial charge in [0, 0.05) is 5.56 Å². The number of rotatable bonds is 6. The molecule has 0 saturated heterocycles. The largest absolute Gasteiger partial charge is 0.418 e. The monoisotopic (exact) mass is 391 g/mol. The van der Waals surface area contributed by atoms with Gasteiger partial charge in [0.1, 0.15) is 5.60 Å². The normalized spacial score (nSPS) is 14.1. The Labute approximate surface area is 160 Å². The van der Waals surface area contributed by atoms with Crippen LogP contribution < -0.4 is 5.73 Å². The smallest absolute Gasteiger partial charge is 0.416 e. The summed E-state index contributed by atoms with van der Waals surface area (Å²) < 4.78 is 43.8. The van der Waals surface area contributed by atoms with Crippen molar-refractivity contribution in [2.45, 2.75) is 31.5 Å². The molecule has 148 valence electrons. The minimum absolute atomic E-state index is 0.0669. The van der Waals surface area contributed by atoms with Crippen molar-refractivity contribution in [3.8, 4) is 11.5 Å². The lowest BCUT2D eigenvalue weighted by molar-refractivity contribution is -0.137. The van der Waals surface area contributed by atoms with Crippen LogP contribution in [0.3, 0.4) is 0 Å². The van der Waals surface area contributed by atoms with E-state index in [0.29, 0.717) is 12.0 Å². The molecule has 0 aliphatic carbocycles. The summed E-state index contributed by atoms with van der Waals surface area (Å²) in [5.74, 6) is 0.298. The maximum absolute atomic E-state index is 12.7. The molecule has 1 unspecified atom stereocenters. The minimum atomic E-state index is -4.36. The first kappa shape index (κ1) is 20.0. The van der Waals surface area contributed by atoms with Crippen molar-refractivity contribution in [1.82, 2.24) is 10.2 Å². The summed E-state index contributed by atoms with van der Waals surface area (Å²) in [7, 11) is 0. The third-order valence-corrected chi connectivity index (χ3v) is 4.44. The molecule has 0 amide bonds. The van der Waals surface area contributed by atoms with Crippen molar-refractivity contribution in [3.63, 3.8) is 0 Å². The Hall–Kier alpha value is -2.71. The van der Waals surface area contributed by atoms with Crippen LogP contribution in [0.25, 0.3) is 11.5 Å². The average Bonchev–Trinajstić information content (AvgIpc) is 3.13. The van der Waals surface area contributed by atoms with Gasteiger partial charge >= 0.3 is 6.18 Å². The van der Waals surface area contributed by atoms with Gasteiger partial charge in [0.15, 0.2) is 0 Å². The van der Waals surface area contributed by atoms with E-state index in [1.54, 1.807) is 19.1 Å². The second-order valence-electron chi connectivity index (χ2n) is 6.75. The number of alkyl halides is 3. The molecule has 0 aliphatic heterocycles. The lowest BCUT2D eigenvalue weighted by atomic mass is 9.99. The van der Waals surface area contributed by atoms with Gasteiger partial charge in [-0.2, -0.15) is 13.2 Å². The zero-order valence-electron chi connectivity index (χ0n) is 15.2. The summed E-state index contributed by atoms with van der Waals surface area (Å²) in [5, 5.41) is 18.3. The van der Waals surface area contributed by atoms with Gasteiger partial charge in [0.2, 0.25) is 11.8 Å². The van der Waals surface area contributed by atoms with Crippen LogP contribution in [-0.2, 0) is 18.2 Å². The van der Waals surface area contributed by atoms with Crippen molar-refractivity contribution in [1.29, 1.82) is 0 Å². The lowest BCUT2D eigenvalue weighted by Crippen LogP contribution is -2.25. The summed E-state index contributed by atoms with van der Waals surface area (Å²) in [6.07, 6.45) is -3.70. The van der Waals surface area contributed by atoms with E-state index in [1.807, 2.05) is 12.1 Å². The van der Waals surface area contributed by atoms with E-state index < -0.39 is 17.3 Å². The van der Waals surface area contributed by atoms with Crippen LogP contribution in [-0.4, -0.2) is 21.8 Å². The molecule has 0 saturated carbocycles. The summed E-state index contributed by atoms with van der Waals surface area (Å²) in [6, 6.07) is 12.3. The van der Waals surface area contributed by atoms with Crippen molar-refractivity contribution in [3.05, 3.63) is 71.1 Å². The first-order valence-electron chi connectivity index (χ1n) is 8.71. The van der Waals surface area contributed by atoms with Crippen LogP contribution in [0, 0.1) is 0 Å². The third-order valence-electron chi connectivity index (χ3n) is 4.44. The Morgan fingerprint density at radius 1 is 1.04 bits per heavy atom. The van der Waals surface area contributed by atoms with Gasteiger partial charge in [-0.05, 0) is 55.6 Å². The van der Waals surface area contributed by atoms with Crippen molar-refractivity contribution < 1.29 is 22.7 Å². The van der Waals surface area contributed by atoms with Crippen LogP contribution in [0.15, 0.2) is 52.9 Å². The number of nitrogens with zero attached hydrogens (tertiary/aromatic N) is 2. The molecule has 0 fully saturated rings. The van der Waals surface area contributed by atoms with Crippen LogP contribution >= 0.6 is 0 Å². The quantitative estimate of drug-likeness (QED) is 0.666. The second-order valence-corrected chi connectivity index (χ2v) is 6.75. The molecule has 5 nitrogen and oxygen atoms in total. The molecule has 2 aromatic carbocycles. The minimum Gasteiger partial charge on any atom is -0.418 e. The van der Waals surface area contributed by atoms with E-state index in [2.05, 4.69) is 10.2 Å². The van der Waals surface area contributed by atoms with Gasteiger partial charge in [-0.15, -0.1) is 10.2 Å². The highest BCUT2D eigenvalue weighted by atomic mass is 19.4. The van der Waals surface area contributed by atoms with E-state index in [4.69, 9.17) is 10.2 Å². The third kappa shape index (κ3) is 4.40. The van der Waals surface area contributed by atoms with E-state index >= 15 is 0 Å². The molecule has 1 aromatic heterocycles. The number of aliphatic hydroxyl groups is 1. The zero-order valence-corrected chi connectivity index (χ0v) is 15.2. The molecule has 3 rings (SSSR count). The number of halogens is 3.